The first-order valence-electron chi connectivity index (χ1n) is 11.0. The number of aromatic nitrogens is 3. The molecule has 0 unspecified atom stereocenters. The van der Waals surface area contributed by atoms with Crippen molar-refractivity contribution in [2.24, 2.45) is 0 Å². The molecule has 2 aliphatic rings. The Labute approximate surface area is 184 Å². The van der Waals surface area contributed by atoms with Gasteiger partial charge in [0.15, 0.2) is 5.82 Å². The minimum atomic E-state index is -0.530. The van der Waals surface area contributed by atoms with E-state index in [4.69, 9.17) is 13.8 Å². The van der Waals surface area contributed by atoms with Gasteiger partial charge in [-0.05, 0) is 46.6 Å². The summed E-state index contributed by atoms with van der Waals surface area (Å²) in [4.78, 5) is 11.3. The zero-order valence-electron chi connectivity index (χ0n) is 19.2. The highest BCUT2D eigenvalue weighted by Crippen LogP contribution is 2.37. The van der Waals surface area contributed by atoms with Crippen molar-refractivity contribution in [3.63, 3.8) is 0 Å². The van der Waals surface area contributed by atoms with Crippen LogP contribution in [0.15, 0.2) is 16.8 Å². The van der Waals surface area contributed by atoms with Crippen LogP contribution < -0.4 is 10.4 Å². The van der Waals surface area contributed by atoms with E-state index in [2.05, 4.69) is 26.1 Å². The molecule has 0 N–H and O–H groups in total. The molecule has 0 aliphatic carbocycles. The molecule has 0 aromatic carbocycles. The van der Waals surface area contributed by atoms with E-state index in [1.165, 1.54) is 0 Å². The molecule has 2 aromatic heterocycles. The van der Waals surface area contributed by atoms with Crippen LogP contribution in [0.5, 0.6) is 0 Å². The molecule has 4 rings (SSSR count). The summed E-state index contributed by atoms with van der Waals surface area (Å²) in [6.07, 6.45) is 3.55. The van der Waals surface area contributed by atoms with Crippen molar-refractivity contribution in [3.8, 4) is 6.07 Å². The largest absolute Gasteiger partial charge is 0.496 e. The number of nitriles is 1. The third kappa shape index (κ3) is 4.07. The minimum Gasteiger partial charge on any atom is -0.399 e. The predicted molar refractivity (Wildman–Crippen MR) is 117 cm³/mol. The van der Waals surface area contributed by atoms with Crippen LogP contribution in [0.3, 0.4) is 0 Å². The Kier molecular flexibility index (Phi) is 5.56. The van der Waals surface area contributed by atoms with Crippen LogP contribution >= 0.6 is 0 Å². The molecule has 0 atom stereocenters. The lowest BCUT2D eigenvalue weighted by atomic mass is 9.79. The first-order chi connectivity index (χ1) is 14.6. The number of anilines is 1. The van der Waals surface area contributed by atoms with Crippen LogP contribution in [0.1, 0.15) is 83.5 Å². The molecule has 0 radical (unpaired) electrons. The minimum absolute atomic E-state index is 0.228. The SMILES string of the molecule is CC(C)c1nc(C2CCN(c3ncc(B4OC(C)(C)C(C)(C)O4)cc3C#N)CC2)no1. The number of hydrogen-bond donors (Lipinski definition) is 0. The van der Waals surface area contributed by atoms with Crippen LogP contribution in [-0.4, -0.2) is 46.5 Å². The monoisotopic (exact) mass is 423 g/mol. The average Bonchev–Trinajstić information content (AvgIpc) is 3.30. The van der Waals surface area contributed by atoms with E-state index >= 15 is 0 Å². The Morgan fingerprint density at radius 2 is 1.81 bits per heavy atom. The third-order valence-corrected chi connectivity index (χ3v) is 6.64. The average molecular weight is 423 g/mol. The number of hydrogen-bond acceptors (Lipinski definition) is 8. The standard InChI is InChI=1S/C22H30BN5O3/c1-14(2)20-26-18(27-29-20)15-7-9-28(10-8-15)19-16(12-24)11-17(13-25-19)23-30-21(3,4)22(5,6)31-23/h11,13-15H,7-10H2,1-6H3. The van der Waals surface area contributed by atoms with E-state index < -0.39 is 18.3 Å². The molecular formula is C22H30BN5O3. The maximum absolute atomic E-state index is 9.78. The first-order valence-corrected chi connectivity index (χ1v) is 11.0. The van der Waals surface area contributed by atoms with Gasteiger partial charge in [0.05, 0.1) is 16.8 Å². The van der Waals surface area contributed by atoms with Crippen molar-refractivity contribution in [1.29, 1.82) is 5.26 Å². The van der Waals surface area contributed by atoms with Crippen LogP contribution in [0.2, 0.25) is 0 Å². The topological polar surface area (TPSA) is 97.3 Å². The highest BCUT2D eigenvalue weighted by atomic mass is 16.7. The summed E-state index contributed by atoms with van der Waals surface area (Å²) in [6, 6.07) is 4.14. The third-order valence-electron chi connectivity index (χ3n) is 6.64. The molecule has 31 heavy (non-hydrogen) atoms. The van der Waals surface area contributed by atoms with Crippen LogP contribution in [0, 0.1) is 11.3 Å². The molecule has 0 bridgehead atoms. The lowest BCUT2D eigenvalue weighted by molar-refractivity contribution is 0.00578. The lowest BCUT2D eigenvalue weighted by Gasteiger charge is -2.32. The summed E-state index contributed by atoms with van der Waals surface area (Å²) in [5.41, 5.74) is 0.430. The number of nitrogens with zero attached hydrogens (tertiary/aromatic N) is 5. The normalized spacial score (nSPS) is 21.0. The molecule has 0 amide bonds. The number of piperidine rings is 1. The Morgan fingerprint density at radius 1 is 1.16 bits per heavy atom. The molecule has 2 fully saturated rings. The van der Waals surface area contributed by atoms with E-state index in [0.717, 1.165) is 37.2 Å². The quantitative estimate of drug-likeness (QED) is 0.692. The van der Waals surface area contributed by atoms with E-state index in [1.54, 1.807) is 6.20 Å². The van der Waals surface area contributed by atoms with Gasteiger partial charge in [0.2, 0.25) is 5.89 Å². The van der Waals surface area contributed by atoms with Crippen molar-refractivity contribution in [2.45, 2.75) is 77.4 Å². The summed E-state index contributed by atoms with van der Waals surface area (Å²) in [6.45, 7) is 13.7. The second-order valence-corrected chi connectivity index (χ2v) is 9.75. The maximum Gasteiger partial charge on any atom is 0.496 e. The van der Waals surface area contributed by atoms with Gasteiger partial charge in [0.25, 0.3) is 0 Å². The molecule has 4 heterocycles. The molecule has 0 spiro atoms. The summed E-state index contributed by atoms with van der Waals surface area (Å²) >= 11 is 0. The smallest absolute Gasteiger partial charge is 0.399 e. The van der Waals surface area contributed by atoms with Gasteiger partial charge in [0.1, 0.15) is 11.9 Å². The fourth-order valence-corrected chi connectivity index (χ4v) is 3.91. The fourth-order valence-electron chi connectivity index (χ4n) is 3.91. The summed E-state index contributed by atoms with van der Waals surface area (Å²) in [5, 5.41) is 13.9. The lowest BCUT2D eigenvalue weighted by Crippen LogP contribution is -2.41. The van der Waals surface area contributed by atoms with E-state index in [1.807, 2.05) is 47.6 Å². The fraction of sp³-hybridized carbons (Fsp3) is 0.636. The molecule has 2 aliphatic heterocycles. The second kappa shape index (κ2) is 7.92. The van der Waals surface area contributed by atoms with Crippen LogP contribution in [0.4, 0.5) is 5.82 Å². The Bertz CT molecular complexity index is 973. The van der Waals surface area contributed by atoms with Gasteiger partial charge in [-0.2, -0.15) is 10.2 Å². The van der Waals surface area contributed by atoms with Crippen molar-refractivity contribution >= 4 is 18.4 Å². The van der Waals surface area contributed by atoms with Crippen LogP contribution in [-0.2, 0) is 9.31 Å². The molecule has 8 nitrogen and oxygen atoms in total. The first kappa shape index (κ1) is 21.8. The Morgan fingerprint density at radius 3 is 2.35 bits per heavy atom. The molecule has 2 aromatic rings. The van der Waals surface area contributed by atoms with Gasteiger partial charge in [-0.25, -0.2) is 4.98 Å². The Balaban J connectivity index is 1.46. The van der Waals surface area contributed by atoms with Gasteiger partial charge < -0.3 is 18.7 Å². The number of rotatable bonds is 4. The highest BCUT2D eigenvalue weighted by Gasteiger charge is 2.52. The van der Waals surface area contributed by atoms with Gasteiger partial charge in [-0.15, -0.1) is 0 Å². The van der Waals surface area contributed by atoms with Gasteiger partial charge in [-0.1, -0.05) is 19.0 Å². The van der Waals surface area contributed by atoms with Crippen LogP contribution in [0.25, 0.3) is 0 Å². The number of pyridine rings is 1. The summed E-state index contributed by atoms with van der Waals surface area (Å²) in [7, 11) is -0.530. The van der Waals surface area contributed by atoms with Gasteiger partial charge >= 0.3 is 7.12 Å². The molecule has 2 saturated heterocycles. The molecule has 9 heteroatoms. The predicted octanol–water partition coefficient (Wildman–Crippen LogP) is 3.14. The summed E-state index contributed by atoms with van der Waals surface area (Å²) < 4.78 is 17.6. The zero-order valence-corrected chi connectivity index (χ0v) is 19.2. The molecule has 0 saturated carbocycles. The maximum atomic E-state index is 9.78. The van der Waals surface area contributed by atoms with Gasteiger partial charge in [0, 0.05) is 36.6 Å². The van der Waals surface area contributed by atoms with Crippen molar-refractivity contribution in [3.05, 3.63) is 29.5 Å². The van der Waals surface area contributed by atoms with Crippen molar-refractivity contribution in [2.75, 3.05) is 18.0 Å². The van der Waals surface area contributed by atoms with Crippen molar-refractivity contribution in [1.82, 2.24) is 15.1 Å². The Hall–Kier alpha value is -2.44. The second-order valence-electron chi connectivity index (χ2n) is 9.75. The van der Waals surface area contributed by atoms with Gasteiger partial charge in [-0.3, -0.25) is 0 Å². The zero-order chi connectivity index (χ0) is 22.4. The van der Waals surface area contributed by atoms with E-state index in [9.17, 15) is 5.26 Å². The van der Waals surface area contributed by atoms with Crippen molar-refractivity contribution < 1.29 is 13.8 Å². The van der Waals surface area contributed by atoms with E-state index in [-0.39, 0.29) is 11.8 Å². The van der Waals surface area contributed by atoms with E-state index in [0.29, 0.717) is 17.3 Å². The molecular weight excluding hydrogens is 393 g/mol. The summed E-state index contributed by atoms with van der Waals surface area (Å²) in [5.74, 6) is 2.67. The molecule has 164 valence electrons. The highest BCUT2D eigenvalue weighted by molar-refractivity contribution is 6.62.